The van der Waals surface area contributed by atoms with E-state index in [-0.39, 0.29) is 23.5 Å². The number of aryl methyl sites for hydroxylation is 1. The Hall–Kier alpha value is -5.28. The van der Waals surface area contributed by atoms with Gasteiger partial charge in [0, 0.05) is 17.3 Å². The van der Waals surface area contributed by atoms with Crippen molar-refractivity contribution in [1.82, 2.24) is 4.57 Å². The molecule has 0 unspecified atom stereocenters. The Morgan fingerprint density at radius 2 is 1.69 bits per heavy atom. The van der Waals surface area contributed by atoms with Gasteiger partial charge in [-0.2, -0.15) is 0 Å². The van der Waals surface area contributed by atoms with Crippen LogP contribution in [0.25, 0.3) is 17.4 Å². The average Bonchev–Trinajstić information content (AvgIpc) is 3.60. The van der Waals surface area contributed by atoms with Crippen LogP contribution in [0, 0.1) is 6.92 Å². The molecular weight excluding hydrogens is 586 g/mol. The summed E-state index contributed by atoms with van der Waals surface area (Å²) in [6, 6.07) is 27.0. The fourth-order valence-corrected chi connectivity index (χ4v) is 6.36. The number of ether oxygens (including phenoxy) is 1. The molecule has 5 aromatic rings. The molecule has 1 atom stereocenters. The van der Waals surface area contributed by atoms with E-state index in [1.165, 1.54) is 11.3 Å². The Bertz CT molecular complexity index is 2120. The van der Waals surface area contributed by atoms with Crippen molar-refractivity contribution in [2.45, 2.75) is 39.8 Å². The molecule has 6 rings (SSSR count). The molecule has 1 N–H and O–H groups in total. The highest BCUT2D eigenvalue weighted by Gasteiger charge is 2.32. The molecule has 45 heavy (non-hydrogen) atoms. The SMILES string of the molecule is CC1=C(C(=O)Nc2ccccc2)[C@@H](c2ccccc2)n2c(s/c(=C/c3ccc(-c4ccc(C(=O)OC(C)C)cc4C)o3)c2=O)=N1. The zero-order valence-corrected chi connectivity index (χ0v) is 26.1. The standard InChI is InChI=1S/C36H31N3O5S/c1-21(2)43-35(42)25-15-17-28(22(3)19-25)29-18-16-27(44-29)20-30-34(41)39-32(24-11-7-5-8-12-24)31(23(4)37-36(39)45-30)33(40)38-26-13-9-6-10-14-26/h5-21,32H,1-4H3,(H,38,40)/b30-20+/t32-/m1/s1. The van der Waals surface area contributed by atoms with Gasteiger partial charge < -0.3 is 14.5 Å². The van der Waals surface area contributed by atoms with Gasteiger partial charge in [0.25, 0.3) is 11.5 Å². The van der Waals surface area contributed by atoms with Gasteiger partial charge in [-0.25, -0.2) is 9.79 Å². The molecule has 3 aromatic carbocycles. The normalized spacial score (nSPS) is 14.7. The van der Waals surface area contributed by atoms with Gasteiger partial charge in [-0.15, -0.1) is 0 Å². The lowest BCUT2D eigenvalue weighted by Crippen LogP contribution is -2.40. The number of furan rings is 1. The monoisotopic (exact) mass is 617 g/mol. The fraction of sp³-hybridized carbons (Fsp3) is 0.167. The second kappa shape index (κ2) is 12.4. The van der Waals surface area contributed by atoms with Gasteiger partial charge in [0.15, 0.2) is 4.80 Å². The van der Waals surface area contributed by atoms with Crippen molar-refractivity contribution in [2.24, 2.45) is 4.99 Å². The Labute approximate surface area is 263 Å². The molecule has 3 heterocycles. The van der Waals surface area contributed by atoms with Crippen molar-refractivity contribution in [3.63, 3.8) is 0 Å². The molecule has 0 saturated heterocycles. The third-order valence-corrected chi connectivity index (χ3v) is 8.37. The zero-order chi connectivity index (χ0) is 31.7. The molecule has 0 bridgehead atoms. The Morgan fingerprint density at radius 3 is 2.38 bits per heavy atom. The first-order chi connectivity index (χ1) is 21.7. The second-order valence-corrected chi connectivity index (χ2v) is 12.0. The number of nitrogens with one attached hydrogen (secondary N) is 1. The van der Waals surface area contributed by atoms with Gasteiger partial charge in [-0.3, -0.25) is 14.2 Å². The lowest BCUT2D eigenvalue weighted by molar-refractivity contribution is -0.113. The molecular formula is C36H31N3O5S. The maximum Gasteiger partial charge on any atom is 0.338 e. The summed E-state index contributed by atoms with van der Waals surface area (Å²) >= 11 is 1.25. The van der Waals surface area contributed by atoms with Gasteiger partial charge in [0.2, 0.25) is 0 Å². The number of anilines is 1. The van der Waals surface area contributed by atoms with Crippen LogP contribution in [0.5, 0.6) is 0 Å². The highest BCUT2D eigenvalue weighted by atomic mass is 32.1. The lowest BCUT2D eigenvalue weighted by atomic mass is 9.95. The van der Waals surface area contributed by atoms with E-state index in [0.717, 1.165) is 16.7 Å². The summed E-state index contributed by atoms with van der Waals surface area (Å²) in [4.78, 5) is 45.2. The molecule has 226 valence electrons. The number of fused-ring (bicyclic) bond motifs is 1. The van der Waals surface area contributed by atoms with Crippen molar-refractivity contribution in [1.29, 1.82) is 0 Å². The van der Waals surface area contributed by atoms with Crippen LogP contribution in [0.15, 0.2) is 116 Å². The number of aromatic nitrogens is 1. The van der Waals surface area contributed by atoms with E-state index in [2.05, 4.69) is 5.32 Å². The summed E-state index contributed by atoms with van der Waals surface area (Å²) in [7, 11) is 0. The fourth-order valence-electron chi connectivity index (χ4n) is 5.34. The number of allylic oxidation sites excluding steroid dienone is 1. The summed E-state index contributed by atoms with van der Waals surface area (Å²) in [5.74, 6) is 0.403. The quantitative estimate of drug-likeness (QED) is 0.226. The molecule has 0 fully saturated rings. The second-order valence-electron chi connectivity index (χ2n) is 11.0. The van der Waals surface area contributed by atoms with E-state index in [4.69, 9.17) is 14.1 Å². The molecule has 1 amide bonds. The van der Waals surface area contributed by atoms with Gasteiger partial charge in [-0.1, -0.05) is 65.9 Å². The van der Waals surface area contributed by atoms with Gasteiger partial charge in [0.05, 0.1) is 33.5 Å². The van der Waals surface area contributed by atoms with E-state index < -0.39 is 6.04 Å². The number of esters is 1. The molecule has 0 radical (unpaired) electrons. The number of rotatable bonds is 7. The minimum absolute atomic E-state index is 0.207. The molecule has 0 aliphatic carbocycles. The smallest absolute Gasteiger partial charge is 0.338 e. The highest BCUT2D eigenvalue weighted by molar-refractivity contribution is 7.07. The lowest BCUT2D eigenvalue weighted by Gasteiger charge is -2.25. The summed E-state index contributed by atoms with van der Waals surface area (Å²) in [5, 5.41) is 2.96. The molecule has 9 heteroatoms. The first kappa shape index (κ1) is 29.8. The van der Waals surface area contributed by atoms with Crippen LogP contribution in [0.1, 0.15) is 54.1 Å². The van der Waals surface area contributed by atoms with Crippen LogP contribution in [0.2, 0.25) is 0 Å². The van der Waals surface area contributed by atoms with E-state index in [1.54, 1.807) is 35.8 Å². The van der Waals surface area contributed by atoms with E-state index in [9.17, 15) is 14.4 Å². The van der Waals surface area contributed by atoms with Crippen molar-refractivity contribution >= 4 is 35.0 Å². The Morgan fingerprint density at radius 1 is 0.978 bits per heavy atom. The summed E-state index contributed by atoms with van der Waals surface area (Å²) in [6.07, 6.45) is 1.49. The predicted molar refractivity (Wildman–Crippen MR) is 175 cm³/mol. The maximum atomic E-state index is 14.0. The number of hydrogen-bond acceptors (Lipinski definition) is 7. The van der Waals surface area contributed by atoms with Crippen molar-refractivity contribution in [3.05, 3.63) is 144 Å². The highest BCUT2D eigenvalue weighted by Crippen LogP contribution is 2.31. The Balaban J connectivity index is 1.37. The molecule has 0 spiro atoms. The number of benzene rings is 3. The van der Waals surface area contributed by atoms with Crippen LogP contribution in [-0.2, 0) is 9.53 Å². The molecule has 2 aromatic heterocycles. The number of carbonyl (C=O) groups excluding carboxylic acids is 2. The summed E-state index contributed by atoms with van der Waals surface area (Å²) < 4.78 is 13.5. The molecule has 0 saturated carbocycles. The molecule has 1 aliphatic heterocycles. The largest absolute Gasteiger partial charge is 0.459 e. The first-order valence-corrected chi connectivity index (χ1v) is 15.4. The number of nitrogens with zero attached hydrogens (tertiary/aromatic N) is 2. The zero-order valence-electron chi connectivity index (χ0n) is 25.2. The Kier molecular flexibility index (Phi) is 8.19. The summed E-state index contributed by atoms with van der Waals surface area (Å²) in [5.41, 5.74) is 4.28. The van der Waals surface area contributed by atoms with Crippen LogP contribution in [0.4, 0.5) is 5.69 Å². The third-order valence-electron chi connectivity index (χ3n) is 7.38. The number of para-hydroxylation sites is 1. The molecule has 1 aliphatic rings. The van der Waals surface area contributed by atoms with E-state index in [0.29, 0.717) is 43.4 Å². The third kappa shape index (κ3) is 6.07. The van der Waals surface area contributed by atoms with Crippen molar-refractivity contribution < 1.29 is 18.7 Å². The van der Waals surface area contributed by atoms with Crippen LogP contribution in [-0.4, -0.2) is 22.5 Å². The van der Waals surface area contributed by atoms with E-state index >= 15 is 0 Å². The van der Waals surface area contributed by atoms with E-state index in [1.807, 2.05) is 93.6 Å². The summed E-state index contributed by atoms with van der Waals surface area (Å²) in [6.45, 7) is 7.32. The minimum atomic E-state index is -0.663. The van der Waals surface area contributed by atoms with Gasteiger partial charge >= 0.3 is 5.97 Å². The van der Waals surface area contributed by atoms with Crippen molar-refractivity contribution in [2.75, 3.05) is 5.32 Å². The first-order valence-electron chi connectivity index (χ1n) is 14.6. The van der Waals surface area contributed by atoms with Gasteiger partial charge in [-0.05, 0) is 75.2 Å². The van der Waals surface area contributed by atoms with Crippen LogP contribution < -0.4 is 20.2 Å². The van der Waals surface area contributed by atoms with Gasteiger partial charge in [0.1, 0.15) is 11.5 Å². The number of amides is 1. The number of hydrogen-bond donors (Lipinski definition) is 1. The molecule has 8 nitrogen and oxygen atoms in total. The van der Waals surface area contributed by atoms with Crippen LogP contribution in [0.3, 0.4) is 0 Å². The minimum Gasteiger partial charge on any atom is -0.459 e. The van der Waals surface area contributed by atoms with Crippen LogP contribution >= 0.6 is 11.3 Å². The number of thiazole rings is 1. The maximum absolute atomic E-state index is 14.0. The average molecular weight is 618 g/mol. The number of carbonyl (C=O) groups is 2. The predicted octanol–water partition coefficient (Wildman–Crippen LogP) is 6.01. The topological polar surface area (TPSA) is 103 Å². The van der Waals surface area contributed by atoms with Crippen molar-refractivity contribution in [3.8, 4) is 11.3 Å².